The molecule has 0 aliphatic heterocycles. The minimum atomic E-state index is -1.22. The van der Waals surface area contributed by atoms with Gasteiger partial charge >= 0.3 is 5.97 Å². The number of ketones is 1. The van der Waals surface area contributed by atoms with Crippen LogP contribution in [0.1, 0.15) is 16.8 Å². The lowest BCUT2D eigenvalue weighted by Crippen LogP contribution is -2.19. The van der Waals surface area contributed by atoms with Crippen molar-refractivity contribution in [1.29, 1.82) is 0 Å². The van der Waals surface area contributed by atoms with Crippen LogP contribution in [0.5, 0.6) is 0 Å². The maximum Gasteiger partial charge on any atom is 0.304 e. The fraction of sp³-hybridized carbons (Fsp3) is 0.200. The number of hydrogen-bond acceptors (Lipinski definition) is 2. The normalized spacial score (nSPS) is 12.2. The lowest BCUT2D eigenvalue weighted by molar-refractivity contribution is -0.136. The van der Waals surface area contributed by atoms with Gasteiger partial charge in [-0.05, 0) is 12.1 Å². The molecule has 0 spiro atoms. The van der Waals surface area contributed by atoms with Gasteiger partial charge < -0.3 is 5.11 Å². The van der Waals surface area contributed by atoms with E-state index >= 15 is 0 Å². The second-order valence-corrected chi connectivity index (χ2v) is 4.69. The second-order valence-electron chi connectivity index (χ2n) is 3.18. The number of Topliss-reactive ketones (excluding diaryl/α,β-unsaturated/α-hetero) is 1. The van der Waals surface area contributed by atoms with Crippen LogP contribution in [0.25, 0.3) is 0 Å². The van der Waals surface area contributed by atoms with Gasteiger partial charge in [0.1, 0.15) is 0 Å². The van der Waals surface area contributed by atoms with Gasteiger partial charge in [-0.1, -0.05) is 27.5 Å². The van der Waals surface area contributed by atoms with Crippen molar-refractivity contribution in [2.75, 3.05) is 0 Å². The summed E-state index contributed by atoms with van der Waals surface area (Å²) in [4.78, 5) is 21.0. The number of aliphatic carboxylic acids is 1. The zero-order valence-corrected chi connectivity index (χ0v) is 10.6. The highest BCUT2D eigenvalue weighted by molar-refractivity contribution is 9.10. The molecule has 92 valence electrons. The molecule has 0 radical (unpaired) electrons. The van der Waals surface area contributed by atoms with Gasteiger partial charge in [-0.2, -0.15) is 0 Å². The van der Waals surface area contributed by atoms with Crippen molar-refractivity contribution in [2.24, 2.45) is 0 Å². The molecule has 0 saturated carbocycles. The molecule has 0 heterocycles. The molecule has 1 aromatic carbocycles. The van der Waals surface area contributed by atoms with Crippen molar-refractivity contribution in [1.82, 2.24) is 0 Å². The minimum absolute atomic E-state index is 0.256. The largest absolute Gasteiger partial charge is 0.481 e. The van der Waals surface area contributed by atoms with Crippen molar-refractivity contribution in [3.05, 3.63) is 34.4 Å². The van der Waals surface area contributed by atoms with Crippen LogP contribution in [-0.2, 0) is 4.79 Å². The topological polar surface area (TPSA) is 54.4 Å². The Bertz CT molecular complexity index is 479. The van der Waals surface area contributed by atoms with Crippen LogP contribution in [0.15, 0.2) is 12.1 Å². The Labute approximate surface area is 109 Å². The first-order chi connectivity index (χ1) is 7.82. The van der Waals surface area contributed by atoms with Gasteiger partial charge in [0, 0.05) is 5.56 Å². The number of halogens is 4. The molecule has 1 atom stereocenters. The van der Waals surface area contributed by atoms with Crippen molar-refractivity contribution in [3.8, 4) is 0 Å². The maximum absolute atomic E-state index is 12.9. The van der Waals surface area contributed by atoms with Gasteiger partial charge in [0.15, 0.2) is 17.4 Å². The standard InChI is InChI=1S/C10H6BrClF2O3/c11-5(2-9(15)16)10(17)4-1-7(13)8(14)3-6(4)12/h1,3,5H,2H2,(H,15,16). The number of rotatable bonds is 4. The molecule has 1 aromatic rings. The Kier molecular flexibility index (Phi) is 4.59. The zero-order chi connectivity index (χ0) is 13.2. The van der Waals surface area contributed by atoms with Gasteiger partial charge in [0.05, 0.1) is 16.3 Å². The molecular formula is C10H6BrClF2O3. The molecule has 0 amide bonds. The summed E-state index contributed by atoms with van der Waals surface area (Å²) in [6, 6.07) is 1.32. The lowest BCUT2D eigenvalue weighted by Gasteiger charge is -2.08. The first-order valence-electron chi connectivity index (χ1n) is 4.37. The van der Waals surface area contributed by atoms with Crippen molar-refractivity contribution in [3.63, 3.8) is 0 Å². The third-order valence-corrected chi connectivity index (χ3v) is 2.97. The average Bonchev–Trinajstić information content (AvgIpc) is 2.21. The first kappa shape index (κ1) is 14.1. The molecule has 0 aliphatic carbocycles. The van der Waals surface area contributed by atoms with Gasteiger partial charge in [-0.25, -0.2) is 8.78 Å². The van der Waals surface area contributed by atoms with Crippen LogP contribution in [0.4, 0.5) is 8.78 Å². The lowest BCUT2D eigenvalue weighted by atomic mass is 10.1. The zero-order valence-electron chi connectivity index (χ0n) is 8.21. The molecular weight excluding hydrogens is 321 g/mol. The van der Waals surface area contributed by atoms with Crippen LogP contribution in [0.2, 0.25) is 5.02 Å². The Morgan fingerprint density at radius 1 is 1.35 bits per heavy atom. The molecule has 1 rings (SSSR count). The number of hydrogen-bond donors (Lipinski definition) is 1. The van der Waals surface area contributed by atoms with E-state index in [4.69, 9.17) is 16.7 Å². The van der Waals surface area contributed by atoms with Crippen molar-refractivity contribution < 1.29 is 23.5 Å². The Hall–Kier alpha value is -1.01. The highest BCUT2D eigenvalue weighted by Gasteiger charge is 2.23. The number of alkyl halides is 1. The summed E-state index contributed by atoms with van der Waals surface area (Å²) in [5, 5.41) is 8.24. The molecule has 0 aliphatic rings. The van der Waals surface area contributed by atoms with E-state index < -0.39 is 34.6 Å². The third kappa shape index (κ3) is 3.47. The van der Waals surface area contributed by atoms with E-state index in [2.05, 4.69) is 15.9 Å². The monoisotopic (exact) mass is 326 g/mol. The van der Waals surface area contributed by atoms with E-state index in [1.54, 1.807) is 0 Å². The minimum Gasteiger partial charge on any atom is -0.481 e. The highest BCUT2D eigenvalue weighted by Crippen LogP contribution is 2.24. The first-order valence-corrected chi connectivity index (χ1v) is 5.67. The Balaban J connectivity index is 3.04. The Morgan fingerprint density at radius 3 is 2.41 bits per heavy atom. The van der Waals surface area contributed by atoms with Crippen LogP contribution in [0.3, 0.4) is 0 Å². The molecule has 0 fully saturated rings. The number of carbonyl (C=O) groups is 2. The van der Waals surface area contributed by atoms with E-state index in [0.29, 0.717) is 12.1 Å². The average molecular weight is 328 g/mol. The molecule has 1 unspecified atom stereocenters. The van der Waals surface area contributed by atoms with E-state index in [1.165, 1.54) is 0 Å². The molecule has 17 heavy (non-hydrogen) atoms. The fourth-order valence-electron chi connectivity index (χ4n) is 1.13. The van der Waals surface area contributed by atoms with Gasteiger partial charge in [-0.3, -0.25) is 9.59 Å². The molecule has 1 N–H and O–H groups in total. The summed E-state index contributed by atoms with van der Waals surface area (Å²) in [6.07, 6.45) is -0.478. The summed E-state index contributed by atoms with van der Waals surface area (Å²) in [5.74, 6) is -4.29. The summed E-state index contributed by atoms with van der Waals surface area (Å²) in [5.41, 5.74) is -0.256. The molecule has 3 nitrogen and oxygen atoms in total. The summed E-state index contributed by atoms with van der Waals surface area (Å²) in [6.45, 7) is 0. The SMILES string of the molecule is O=C(O)CC(Br)C(=O)c1cc(F)c(F)cc1Cl. The van der Waals surface area contributed by atoms with Crippen molar-refractivity contribution in [2.45, 2.75) is 11.2 Å². The summed E-state index contributed by atoms with van der Waals surface area (Å²) in [7, 11) is 0. The number of benzene rings is 1. The van der Waals surface area contributed by atoms with E-state index in [-0.39, 0.29) is 10.6 Å². The van der Waals surface area contributed by atoms with Crippen LogP contribution < -0.4 is 0 Å². The van der Waals surface area contributed by atoms with E-state index in [9.17, 15) is 18.4 Å². The predicted octanol–water partition coefficient (Wildman–Crippen LogP) is 3.04. The van der Waals surface area contributed by atoms with Crippen LogP contribution >= 0.6 is 27.5 Å². The van der Waals surface area contributed by atoms with Gasteiger partial charge in [-0.15, -0.1) is 0 Å². The molecule has 0 aromatic heterocycles. The highest BCUT2D eigenvalue weighted by atomic mass is 79.9. The Morgan fingerprint density at radius 2 is 1.88 bits per heavy atom. The second kappa shape index (κ2) is 5.55. The predicted molar refractivity (Wildman–Crippen MR) is 60.7 cm³/mol. The molecule has 0 saturated heterocycles. The number of carboxylic acid groups (broad SMARTS) is 1. The number of carboxylic acids is 1. The third-order valence-electron chi connectivity index (χ3n) is 1.91. The van der Waals surface area contributed by atoms with Crippen LogP contribution in [0, 0.1) is 11.6 Å². The molecule has 0 bridgehead atoms. The maximum atomic E-state index is 12.9. The molecule has 7 heteroatoms. The van der Waals surface area contributed by atoms with E-state index in [1.807, 2.05) is 0 Å². The van der Waals surface area contributed by atoms with Crippen molar-refractivity contribution >= 4 is 39.3 Å². The summed E-state index contributed by atoms with van der Waals surface area (Å²) < 4.78 is 25.7. The van der Waals surface area contributed by atoms with Gasteiger partial charge in [0.2, 0.25) is 0 Å². The van der Waals surface area contributed by atoms with Gasteiger partial charge in [0.25, 0.3) is 0 Å². The fourth-order valence-corrected chi connectivity index (χ4v) is 1.89. The van der Waals surface area contributed by atoms with E-state index in [0.717, 1.165) is 0 Å². The summed E-state index contributed by atoms with van der Waals surface area (Å²) >= 11 is 8.43. The quantitative estimate of drug-likeness (QED) is 0.525. The number of carbonyl (C=O) groups excluding carboxylic acids is 1. The smallest absolute Gasteiger partial charge is 0.304 e. The van der Waals surface area contributed by atoms with Crippen LogP contribution in [-0.4, -0.2) is 21.7 Å².